The molecule has 0 bridgehead atoms. The molecule has 0 aliphatic carbocycles. The summed E-state index contributed by atoms with van der Waals surface area (Å²) in [6.07, 6.45) is 0. The van der Waals surface area contributed by atoms with Crippen molar-refractivity contribution < 1.29 is 0 Å². The van der Waals surface area contributed by atoms with Gasteiger partial charge in [0, 0.05) is 51.1 Å². The van der Waals surface area contributed by atoms with Crippen molar-refractivity contribution in [1.82, 2.24) is 0 Å². The molecule has 0 atom stereocenters. The molecule has 4 heterocycles. The summed E-state index contributed by atoms with van der Waals surface area (Å²) in [6, 6.07) is 78.7. The first-order valence-corrected chi connectivity index (χ1v) is 20.6. The molecule has 59 heavy (non-hydrogen) atoms. The van der Waals surface area contributed by atoms with E-state index in [9.17, 15) is 0 Å². The van der Waals surface area contributed by atoms with Crippen LogP contribution in [0.4, 0.5) is 45.5 Å². The molecule has 13 rings (SSSR count). The van der Waals surface area contributed by atoms with Gasteiger partial charge >= 0.3 is 6.85 Å². The zero-order valence-electron chi connectivity index (χ0n) is 32.2. The molecule has 5 heteroatoms. The summed E-state index contributed by atoms with van der Waals surface area (Å²) < 4.78 is 0. The molecule has 0 spiro atoms. The van der Waals surface area contributed by atoms with Gasteiger partial charge in [-0.05, 0) is 110 Å². The van der Waals surface area contributed by atoms with Gasteiger partial charge in [0.25, 0.3) is 6.71 Å². The first-order valence-electron chi connectivity index (χ1n) is 20.6. The molecular formula is C54H35B2N3. The highest BCUT2D eigenvalue weighted by Gasteiger charge is 2.52. The number of para-hydroxylation sites is 4. The Morgan fingerprint density at radius 1 is 0.305 bits per heavy atom. The van der Waals surface area contributed by atoms with Crippen molar-refractivity contribution in [2.75, 3.05) is 14.6 Å². The Morgan fingerprint density at radius 2 is 0.831 bits per heavy atom. The maximum Gasteiger partial charge on any atom is 0.333 e. The van der Waals surface area contributed by atoms with E-state index in [0.29, 0.717) is 0 Å². The van der Waals surface area contributed by atoms with Crippen LogP contribution in [-0.2, 0) is 0 Å². The molecule has 4 aliphatic heterocycles. The molecule has 0 fully saturated rings. The van der Waals surface area contributed by atoms with Gasteiger partial charge in [0.05, 0.1) is 0 Å². The van der Waals surface area contributed by atoms with Crippen LogP contribution in [0.1, 0.15) is 0 Å². The first-order chi connectivity index (χ1) is 29.3. The minimum Gasteiger partial charge on any atom is -0.376 e. The van der Waals surface area contributed by atoms with Gasteiger partial charge in [-0.2, -0.15) is 0 Å². The minimum absolute atomic E-state index is 0.00872. The zero-order chi connectivity index (χ0) is 38.6. The van der Waals surface area contributed by atoms with Crippen LogP contribution in [-0.4, -0.2) is 13.6 Å². The highest BCUT2D eigenvalue weighted by atomic mass is 15.2. The lowest BCUT2D eigenvalue weighted by atomic mass is 9.31. The number of rotatable bonds is 4. The van der Waals surface area contributed by atoms with Crippen LogP contribution in [0.3, 0.4) is 0 Å². The SMILES string of the molecule is c1ccc(-c2ccc3c(c2)N(c2ccccc2)c2cc4c5c6c2B3c2ccc(-c3ccccc3)cc2N6c2ccccc2B5N(c2ccccc2)c2ccccc2-4)cc1. The fourth-order valence-electron chi connectivity index (χ4n) is 10.6. The molecule has 9 aromatic carbocycles. The molecule has 4 aliphatic rings. The van der Waals surface area contributed by atoms with Crippen LogP contribution in [0.2, 0.25) is 0 Å². The largest absolute Gasteiger partial charge is 0.376 e. The van der Waals surface area contributed by atoms with Gasteiger partial charge in [-0.3, -0.25) is 0 Å². The highest BCUT2D eigenvalue weighted by molar-refractivity contribution is 7.02. The summed E-state index contributed by atoms with van der Waals surface area (Å²) in [5, 5.41) is 0. The summed E-state index contributed by atoms with van der Waals surface area (Å²) in [5.41, 5.74) is 23.9. The van der Waals surface area contributed by atoms with E-state index in [1.165, 1.54) is 101 Å². The van der Waals surface area contributed by atoms with Gasteiger partial charge < -0.3 is 14.6 Å². The van der Waals surface area contributed by atoms with Crippen LogP contribution in [0.5, 0.6) is 0 Å². The van der Waals surface area contributed by atoms with Gasteiger partial charge in [0.1, 0.15) is 0 Å². The first kappa shape index (κ1) is 32.6. The molecule has 0 amide bonds. The van der Waals surface area contributed by atoms with Crippen molar-refractivity contribution in [1.29, 1.82) is 0 Å². The second-order valence-electron chi connectivity index (χ2n) is 16.0. The molecule has 272 valence electrons. The van der Waals surface area contributed by atoms with Gasteiger partial charge in [0.15, 0.2) is 0 Å². The summed E-state index contributed by atoms with van der Waals surface area (Å²) >= 11 is 0. The molecule has 0 radical (unpaired) electrons. The Labute approximate surface area is 345 Å². The monoisotopic (exact) mass is 747 g/mol. The van der Waals surface area contributed by atoms with E-state index in [1.54, 1.807) is 0 Å². The van der Waals surface area contributed by atoms with E-state index in [2.05, 4.69) is 227 Å². The molecule has 0 saturated carbocycles. The maximum atomic E-state index is 2.63. The second kappa shape index (κ2) is 12.5. The summed E-state index contributed by atoms with van der Waals surface area (Å²) in [5.74, 6) is 0. The smallest absolute Gasteiger partial charge is 0.333 e. The molecule has 0 aromatic heterocycles. The van der Waals surface area contributed by atoms with E-state index in [1.807, 2.05) is 0 Å². The van der Waals surface area contributed by atoms with Crippen LogP contribution in [0.25, 0.3) is 33.4 Å². The Kier molecular flexibility index (Phi) is 6.90. The van der Waals surface area contributed by atoms with Gasteiger partial charge in [-0.15, -0.1) is 0 Å². The second-order valence-corrected chi connectivity index (χ2v) is 16.0. The highest BCUT2D eigenvalue weighted by Crippen LogP contribution is 2.51. The van der Waals surface area contributed by atoms with Crippen LogP contribution in [0.15, 0.2) is 212 Å². The summed E-state index contributed by atoms with van der Waals surface area (Å²) in [7, 11) is 0. The van der Waals surface area contributed by atoms with E-state index in [4.69, 9.17) is 0 Å². The van der Waals surface area contributed by atoms with Crippen LogP contribution in [0, 0.1) is 0 Å². The Hall–Kier alpha value is -7.49. The van der Waals surface area contributed by atoms with Crippen molar-refractivity contribution in [2.24, 2.45) is 0 Å². The van der Waals surface area contributed by atoms with Gasteiger partial charge in [-0.25, -0.2) is 0 Å². The standard InChI is InChI=1S/C54H35B2N3/c1-5-17-36(18-6-1)38-29-31-44-49(33-38)57(40-21-9-3-10-22-40)51-35-43-42-25-13-15-27-47(42)59(41-23-11-4-12-24-41)56-46-26-14-16-28-48(46)58-50-34-39(37-19-7-2-8-20-37)30-32-45(50)55(44)53(51)54(58)52(43)56/h1-35H. The zero-order valence-corrected chi connectivity index (χ0v) is 32.2. The molecular weight excluding hydrogens is 712 g/mol. The Balaban J connectivity index is 1.19. The number of hydrogen-bond donors (Lipinski definition) is 0. The fraction of sp³-hybridized carbons (Fsp3) is 0. The Bertz CT molecular complexity index is 3120. The molecule has 9 aromatic rings. The average Bonchev–Trinajstić information content (AvgIpc) is 3.32. The third kappa shape index (κ3) is 4.61. The molecule has 0 saturated heterocycles. The lowest BCUT2D eigenvalue weighted by Crippen LogP contribution is -2.68. The average molecular weight is 748 g/mol. The van der Waals surface area contributed by atoms with Crippen molar-refractivity contribution in [2.45, 2.75) is 0 Å². The fourth-order valence-corrected chi connectivity index (χ4v) is 10.6. The quantitative estimate of drug-likeness (QED) is 0.166. The molecule has 0 N–H and O–H groups in total. The predicted octanol–water partition coefficient (Wildman–Crippen LogP) is 10.3. The van der Waals surface area contributed by atoms with Crippen molar-refractivity contribution >= 4 is 86.4 Å². The Morgan fingerprint density at radius 3 is 1.47 bits per heavy atom. The van der Waals surface area contributed by atoms with Gasteiger partial charge in [-0.1, -0.05) is 158 Å². The summed E-state index contributed by atoms with van der Waals surface area (Å²) in [6.45, 7) is -0.0315. The lowest BCUT2D eigenvalue weighted by Gasteiger charge is -2.51. The number of hydrogen-bond acceptors (Lipinski definition) is 3. The topological polar surface area (TPSA) is 9.72 Å². The van der Waals surface area contributed by atoms with Crippen molar-refractivity contribution in [3.8, 4) is 33.4 Å². The third-order valence-electron chi connectivity index (χ3n) is 13.0. The van der Waals surface area contributed by atoms with Crippen molar-refractivity contribution in [3.05, 3.63) is 212 Å². The number of nitrogens with zero attached hydrogens (tertiary/aromatic N) is 3. The third-order valence-corrected chi connectivity index (χ3v) is 13.0. The minimum atomic E-state index is -0.0402. The van der Waals surface area contributed by atoms with E-state index < -0.39 is 0 Å². The van der Waals surface area contributed by atoms with E-state index >= 15 is 0 Å². The molecule has 0 unspecified atom stereocenters. The predicted molar refractivity (Wildman–Crippen MR) is 250 cm³/mol. The number of anilines is 8. The number of benzene rings is 9. The number of fused-ring (bicyclic) bond motifs is 10. The lowest BCUT2D eigenvalue weighted by molar-refractivity contribution is 1.25. The van der Waals surface area contributed by atoms with Crippen LogP contribution < -0.4 is 41.9 Å². The molecule has 3 nitrogen and oxygen atoms in total. The maximum absolute atomic E-state index is 2.63. The summed E-state index contributed by atoms with van der Waals surface area (Å²) in [4.78, 5) is 7.78. The van der Waals surface area contributed by atoms with Crippen molar-refractivity contribution in [3.63, 3.8) is 0 Å². The van der Waals surface area contributed by atoms with Crippen LogP contribution >= 0.6 is 0 Å². The normalized spacial score (nSPS) is 13.6. The van der Waals surface area contributed by atoms with Gasteiger partial charge in [0.2, 0.25) is 0 Å². The van der Waals surface area contributed by atoms with E-state index in [0.717, 1.165) is 5.69 Å². The van der Waals surface area contributed by atoms with E-state index in [-0.39, 0.29) is 13.6 Å².